The van der Waals surface area contributed by atoms with E-state index in [2.05, 4.69) is 0 Å². The van der Waals surface area contributed by atoms with Crippen LogP contribution in [0, 0.1) is 6.92 Å². The third kappa shape index (κ3) is 4.11. The van der Waals surface area contributed by atoms with Crippen molar-refractivity contribution in [3.8, 4) is 5.75 Å². The molecular formula is C17H20N2O7S. The molecule has 0 unspecified atom stereocenters. The molecule has 146 valence electrons. The summed E-state index contributed by atoms with van der Waals surface area (Å²) in [7, 11) is -1.96. The van der Waals surface area contributed by atoms with Gasteiger partial charge >= 0.3 is 21.8 Å². The van der Waals surface area contributed by atoms with Crippen LogP contribution in [0.5, 0.6) is 5.75 Å². The summed E-state index contributed by atoms with van der Waals surface area (Å²) in [6.07, 6.45) is 0.680. The maximum Gasteiger partial charge on any atom is 0.346 e. The molecule has 0 aliphatic heterocycles. The van der Waals surface area contributed by atoms with Gasteiger partial charge in [-0.3, -0.25) is 13.9 Å². The molecule has 0 bridgehead atoms. The Kier molecular flexibility index (Phi) is 5.89. The Hall–Kier alpha value is -2.88. The number of hydrogen-bond donors (Lipinski definition) is 0. The zero-order chi connectivity index (χ0) is 20.4. The van der Waals surface area contributed by atoms with Crippen molar-refractivity contribution in [2.75, 3.05) is 6.61 Å². The molecule has 0 fully saturated rings. The fourth-order valence-electron chi connectivity index (χ4n) is 2.30. The van der Waals surface area contributed by atoms with Crippen LogP contribution in [0.25, 0.3) is 0 Å². The lowest BCUT2D eigenvalue weighted by molar-refractivity contribution is 0.0505. The maximum atomic E-state index is 12.6. The molecule has 1 heterocycles. The summed E-state index contributed by atoms with van der Waals surface area (Å²) < 4.78 is 36.9. The zero-order valence-corrected chi connectivity index (χ0v) is 16.2. The second-order valence-electron chi connectivity index (χ2n) is 5.82. The van der Waals surface area contributed by atoms with Gasteiger partial charge in [-0.2, -0.15) is 8.42 Å². The summed E-state index contributed by atoms with van der Waals surface area (Å²) in [4.78, 5) is 35.3. The van der Waals surface area contributed by atoms with Crippen LogP contribution < -0.4 is 15.4 Å². The lowest BCUT2D eigenvalue weighted by Crippen LogP contribution is -2.41. The molecule has 2 rings (SSSR count). The molecule has 1 aromatic heterocycles. The van der Waals surface area contributed by atoms with Crippen LogP contribution in [0.2, 0.25) is 0 Å². The Morgan fingerprint density at radius 3 is 2.22 bits per heavy atom. The van der Waals surface area contributed by atoms with Crippen molar-refractivity contribution >= 4 is 16.1 Å². The van der Waals surface area contributed by atoms with E-state index in [1.807, 2.05) is 6.92 Å². The number of hydrogen-bond acceptors (Lipinski definition) is 7. The summed E-state index contributed by atoms with van der Waals surface area (Å²) in [5.74, 6) is -0.619. The highest BCUT2D eigenvalue weighted by Crippen LogP contribution is 2.19. The highest BCUT2D eigenvalue weighted by molar-refractivity contribution is 7.87. The van der Waals surface area contributed by atoms with Crippen molar-refractivity contribution in [1.82, 2.24) is 9.13 Å². The Bertz CT molecular complexity index is 1080. The van der Waals surface area contributed by atoms with Crippen LogP contribution in [0.1, 0.15) is 29.4 Å². The Balaban J connectivity index is 2.37. The minimum Gasteiger partial charge on any atom is -0.462 e. The van der Waals surface area contributed by atoms with Gasteiger partial charge in [0.2, 0.25) is 0 Å². The molecule has 0 saturated heterocycles. The summed E-state index contributed by atoms with van der Waals surface area (Å²) in [5.41, 5.74) is -1.42. The minimum absolute atomic E-state index is 0.0390. The molecule has 0 aliphatic rings. The Labute approximate surface area is 155 Å². The first kappa shape index (κ1) is 20.4. The highest BCUT2D eigenvalue weighted by atomic mass is 32.2. The predicted octanol–water partition coefficient (Wildman–Crippen LogP) is 0.727. The van der Waals surface area contributed by atoms with Crippen molar-refractivity contribution in [3.63, 3.8) is 0 Å². The van der Waals surface area contributed by atoms with E-state index < -0.39 is 32.2 Å². The molecule has 0 saturated carbocycles. The Morgan fingerprint density at radius 1 is 1.07 bits per heavy atom. The van der Waals surface area contributed by atoms with E-state index in [4.69, 9.17) is 8.92 Å². The smallest absolute Gasteiger partial charge is 0.346 e. The number of nitrogens with zero attached hydrogens (tertiary/aromatic N) is 2. The van der Waals surface area contributed by atoms with Gasteiger partial charge in [0.05, 0.1) is 12.2 Å². The SMILES string of the molecule is CCCOC(=O)c1ccc(OS(=O)(=O)c2c(C)n(C)c(=O)n(C)c2=O)cc1. The summed E-state index contributed by atoms with van der Waals surface area (Å²) in [6, 6.07) is 5.27. The molecule has 0 aliphatic carbocycles. The number of benzene rings is 1. The van der Waals surface area contributed by atoms with Gasteiger partial charge in [-0.15, -0.1) is 0 Å². The topological polar surface area (TPSA) is 114 Å². The van der Waals surface area contributed by atoms with Crippen molar-refractivity contribution < 1.29 is 22.1 Å². The van der Waals surface area contributed by atoms with Gasteiger partial charge < -0.3 is 8.92 Å². The largest absolute Gasteiger partial charge is 0.462 e. The molecule has 0 atom stereocenters. The third-order valence-corrected chi connectivity index (χ3v) is 5.27. The van der Waals surface area contributed by atoms with Gasteiger partial charge in [-0.25, -0.2) is 9.59 Å². The van der Waals surface area contributed by atoms with E-state index in [0.29, 0.717) is 11.0 Å². The number of rotatable bonds is 6. The molecule has 2 aromatic rings. The number of carbonyl (C=O) groups is 1. The number of esters is 1. The van der Waals surface area contributed by atoms with E-state index in [1.54, 1.807) is 0 Å². The average molecular weight is 396 g/mol. The quantitative estimate of drug-likeness (QED) is 0.522. The van der Waals surface area contributed by atoms with Gasteiger partial charge in [0.1, 0.15) is 5.75 Å². The number of ether oxygens (including phenoxy) is 1. The molecule has 27 heavy (non-hydrogen) atoms. The van der Waals surface area contributed by atoms with Crippen LogP contribution in [0.4, 0.5) is 0 Å². The van der Waals surface area contributed by atoms with Crippen molar-refractivity contribution in [3.05, 3.63) is 56.4 Å². The van der Waals surface area contributed by atoms with Crippen molar-refractivity contribution in [2.45, 2.75) is 25.2 Å². The van der Waals surface area contributed by atoms with E-state index in [9.17, 15) is 22.8 Å². The highest BCUT2D eigenvalue weighted by Gasteiger charge is 2.27. The van der Waals surface area contributed by atoms with Crippen LogP contribution >= 0.6 is 0 Å². The molecule has 0 N–H and O–H groups in total. The van der Waals surface area contributed by atoms with E-state index in [1.165, 1.54) is 45.3 Å². The monoisotopic (exact) mass is 396 g/mol. The normalized spacial score (nSPS) is 11.3. The van der Waals surface area contributed by atoms with E-state index in [0.717, 1.165) is 4.57 Å². The van der Waals surface area contributed by atoms with Gasteiger partial charge in [-0.05, 0) is 37.6 Å². The fraction of sp³-hybridized carbons (Fsp3) is 0.353. The van der Waals surface area contributed by atoms with E-state index in [-0.39, 0.29) is 23.6 Å². The third-order valence-electron chi connectivity index (χ3n) is 3.89. The predicted molar refractivity (Wildman–Crippen MR) is 96.5 cm³/mol. The minimum atomic E-state index is -4.49. The average Bonchev–Trinajstić information content (AvgIpc) is 2.63. The molecule has 0 amide bonds. The first-order chi connectivity index (χ1) is 12.6. The van der Waals surface area contributed by atoms with Crippen molar-refractivity contribution in [2.24, 2.45) is 14.1 Å². The summed E-state index contributed by atoms with van der Waals surface area (Å²) in [5, 5.41) is 0. The molecule has 10 heteroatoms. The molecular weight excluding hydrogens is 376 g/mol. The molecule has 1 aromatic carbocycles. The fourth-order valence-corrected chi connectivity index (χ4v) is 3.59. The van der Waals surface area contributed by atoms with Gasteiger partial charge in [0.25, 0.3) is 5.56 Å². The first-order valence-corrected chi connectivity index (χ1v) is 9.49. The van der Waals surface area contributed by atoms with E-state index >= 15 is 0 Å². The summed E-state index contributed by atoms with van der Waals surface area (Å²) in [6.45, 7) is 3.48. The second kappa shape index (κ2) is 7.78. The first-order valence-electron chi connectivity index (χ1n) is 8.08. The number of aromatic nitrogens is 2. The molecule has 9 nitrogen and oxygen atoms in total. The van der Waals surface area contributed by atoms with Crippen molar-refractivity contribution in [1.29, 1.82) is 0 Å². The van der Waals surface area contributed by atoms with Crippen LogP contribution in [0.3, 0.4) is 0 Å². The zero-order valence-electron chi connectivity index (χ0n) is 15.4. The molecule has 0 radical (unpaired) electrons. The maximum absolute atomic E-state index is 12.6. The number of carbonyl (C=O) groups excluding carboxylic acids is 1. The lowest BCUT2D eigenvalue weighted by atomic mass is 10.2. The van der Waals surface area contributed by atoms with Crippen LogP contribution in [-0.2, 0) is 29.0 Å². The van der Waals surface area contributed by atoms with Gasteiger partial charge in [-0.1, -0.05) is 6.92 Å². The van der Waals surface area contributed by atoms with Gasteiger partial charge in [0.15, 0.2) is 4.90 Å². The standard InChI is InChI=1S/C17H20N2O7S/c1-5-10-25-16(21)12-6-8-13(9-7-12)26-27(23,24)14-11(2)18(3)17(22)19(4)15(14)20/h6-9H,5,10H2,1-4H3. The van der Waals surface area contributed by atoms with Crippen LogP contribution in [-0.4, -0.2) is 30.1 Å². The second-order valence-corrected chi connectivity index (χ2v) is 7.30. The molecule has 0 spiro atoms. The van der Waals surface area contributed by atoms with Gasteiger partial charge in [0, 0.05) is 19.8 Å². The van der Waals surface area contributed by atoms with Crippen LogP contribution in [0.15, 0.2) is 38.8 Å². The summed E-state index contributed by atoms with van der Waals surface area (Å²) >= 11 is 0. The lowest BCUT2D eigenvalue weighted by Gasteiger charge is -2.13. The Morgan fingerprint density at radius 2 is 1.67 bits per heavy atom.